The number of nitrogens with one attached hydrogen (secondary N) is 1. The van der Waals surface area contributed by atoms with Crippen molar-refractivity contribution in [3.8, 4) is 0 Å². The van der Waals surface area contributed by atoms with Gasteiger partial charge in [-0.2, -0.15) is 0 Å². The molecule has 1 rings (SSSR count). The standard InChI is InChI=1S/C14H21NOS/c1-5-14(4,6-2)15-13(16)12-9-11(17)8-7-10(12)3/h7-9,17H,5-6H2,1-4H3,(H,15,16). The number of thiol groups is 1. The lowest BCUT2D eigenvalue weighted by Crippen LogP contribution is -2.45. The van der Waals surface area contributed by atoms with Crippen molar-refractivity contribution < 1.29 is 4.79 Å². The molecule has 0 atom stereocenters. The third-order valence-corrected chi connectivity index (χ3v) is 3.72. The Bertz CT molecular complexity index is 411. The van der Waals surface area contributed by atoms with Crippen molar-refractivity contribution in [3.05, 3.63) is 29.3 Å². The molecular weight excluding hydrogens is 230 g/mol. The van der Waals surface area contributed by atoms with Crippen LogP contribution in [-0.2, 0) is 0 Å². The maximum Gasteiger partial charge on any atom is 0.252 e. The average Bonchev–Trinajstić information content (AvgIpc) is 2.32. The van der Waals surface area contributed by atoms with Gasteiger partial charge in [-0.15, -0.1) is 12.6 Å². The van der Waals surface area contributed by atoms with E-state index in [0.29, 0.717) is 5.56 Å². The molecule has 0 aliphatic rings. The Hall–Kier alpha value is -0.960. The lowest BCUT2D eigenvalue weighted by molar-refractivity contribution is 0.0900. The van der Waals surface area contributed by atoms with Crippen LogP contribution in [0.3, 0.4) is 0 Å². The SMILES string of the molecule is CCC(C)(CC)NC(=O)c1cc(S)ccc1C. The second-order valence-corrected chi connectivity index (χ2v) is 5.24. The molecule has 0 spiro atoms. The summed E-state index contributed by atoms with van der Waals surface area (Å²) in [6.45, 7) is 8.19. The van der Waals surface area contributed by atoms with Gasteiger partial charge in [-0.05, 0) is 44.4 Å². The quantitative estimate of drug-likeness (QED) is 0.787. The first-order chi connectivity index (χ1) is 7.91. The molecule has 94 valence electrons. The summed E-state index contributed by atoms with van der Waals surface area (Å²) in [5, 5.41) is 3.10. The van der Waals surface area contributed by atoms with E-state index in [-0.39, 0.29) is 11.4 Å². The highest BCUT2D eigenvalue weighted by atomic mass is 32.1. The molecule has 0 aliphatic heterocycles. The Morgan fingerprint density at radius 3 is 2.47 bits per heavy atom. The van der Waals surface area contributed by atoms with Gasteiger partial charge in [-0.1, -0.05) is 19.9 Å². The summed E-state index contributed by atoms with van der Waals surface area (Å²) in [6.07, 6.45) is 1.85. The van der Waals surface area contributed by atoms with Crippen LogP contribution >= 0.6 is 12.6 Å². The molecule has 0 fully saturated rings. The molecule has 0 aliphatic carbocycles. The first-order valence-electron chi connectivity index (χ1n) is 6.04. The van der Waals surface area contributed by atoms with Crippen LogP contribution in [0.15, 0.2) is 23.1 Å². The number of benzene rings is 1. The highest BCUT2D eigenvalue weighted by Gasteiger charge is 2.23. The lowest BCUT2D eigenvalue weighted by Gasteiger charge is -2.28. The number of aryl methyl sites for hydroxylation is 1. The van der Waals surface area contributed by atoms with Gasteiger partial charge < -0.3 is 5.32 Å². The van der Waals surface area contributed by atoms with E-state index in [1.165, 1.54) is 0 Å². The molecule has 2 nitrogen and oxygen atoms in total. The van der Waals surface area contributed by atoms with E-state index in [0.717, 1.165) is 23.3 Å². The highest BCUT2D eigenvalue weighted by molar-refractivity contribution is 7.80. The van der Waals surface area contributed by atoms with E-state index in [1.807, 2.05) is 25.1 Å². The largest absolute Gasteiger partial charge is 0.347 e. The molecule has 0 saturated carbocycles. The van der Waals surface area contributed by atoms with Gasteiger partial charge in [0.15, 0.2) is 0 Å². The van der Waals surface area contributed by atoms with E-state index >= 15 is 0 Å². The van der Waals surface area contributed by atoms with Gasteiger partial charge in [0.05, 0.1) is 0 Å². The van der Waals surface area contributed by atoms with Crippen LogP contribution in [-0.4, -0.2) is 11.4 Å². The maximum absolute atomic E-state index is 12.2. The van der Waals surface area contributed by atoms with Crippen molar-refractivity contribution in [2.45, 2.75) is 51.0 Å². The van der Waals surface area contributed by atoms with Crippen LogP contribution in [0, 0.1) is 6.92 Å². The van der Waals surface area contributed by atoms with Crippen LogP contribution in [0.25, 0.3) is 0 Å². The van der Waals surface area contributed by atoms with Crippen LogP contribution in [0.2, 0.25) is 0 Å². The van der Waals surface area contributed by atoms with Gasteiger partial charge in [0.25, 0.3) is 5.91 Å². The van der Waals surface area contributed by atoms with E-state index in [4.69, 9.17) is 0 Å². The highest BCUT2D eigenvalue weighted by Crippen LogP contribution is 2.18. The van der Waals surface area contributed by atoms with Crippen molar-refractivity contribution in [1.29, 1.82) is 0 Å². The van der Waals surface area contributed by atoms with Gasteiger partial charge in [0.2, 0.25) is 0 Å². The molecular formula is C14H21NOS. The predicted molar refractivity (Wildman–Crippen MR) is 74.9 cm³/mol. The smallest absolute Gasteiger partial charge is 0.252 e. The fourth-order valence-electron chi connectivity index (χ4n) is 1.62. The molecule has 0 saturated heterocycles. The molecule has 1 aromatic carbocycles. The van der Waals surface area contributed by atoms with Crippen LogP contribution in [0.1, 0.15) is 49.5 Å². The molecule has 0 bridgehead atoms. The van der Waals surface area contributed by atoms with Crippen LogP contribution in [0.5, 0.6) is 0 Å². The van der Waals surface area contributed by atoms with Crippen molar-refractivity contribution >= 4 is 18.5 Å². The topological polar surface area (TPSA) is 29.1 Å². The van der Waals surface area contributed by atoms with Crippen LogP contribution < -0.4 is 5.32 Å². The summed E-state index contributed by atoms with van der Waals surface area (Å²) in [7, 11) is 0. The molecule has 0 radical (unpaired) electrons. The molecule has 3 heteroatoms. The monoisotopic (exact) mass is 251 g/mol. The zero-order chi connectivity index (χ0) is 13.1. The van der Waals surface area contributed by atoms with Gasteiger partial charge in [0.1, 0.15) is 0 Å². The Morgan fingerprint density at radius 2 is 1.94 bits per heavy atom. The van der Waals surface area contributed by atoms with E-state index < -0.39 is 0 Å². The Kier molecular flexibility index (Phi) is 4.63. The third-order valence-electron chi connectivity index (χ3n) is 3.44. The fourth-order valence-corrected chi connectivity index (χ4v) is 1.83. The normalized spacial score (nSPS) is 11.4. The average molecular weight is 251 g/mol. The van der Waals surface area contributed by atoms with Gasteiger partial charge in [0, 0.05) is 16.0 Å². The van der Waals surface area contributed by atoms with Gasteiger partial charge in [-0.25, -0.2) is 0 Å². The molecule has 1 N–H and O–H groups in total. The Morgan fingerprint density at radius 1 is 1.35 bits per heavy atom. The summed E-state index contributed by atoms with van der Waals surface area (Å²) in [6, 6.07) is 5.64. The minimum atomic E-state index is -0.129. The summed E-state index contributed by atoms with van der Waals surface area (Å²) in [5.74, 6) is -0.00963. The number of amides is 1. The molecule has 1 aromatic rings. The first-order valence-corrected chi connectivity index (χ1v) is 6.48. The fraction of sp³-hybridized carbons (Fsp3) is 0.500. The zero-order valence-electron chi connectivity index (χ0n) is 11.0. The number of rotatable bonds is 4. The zero-order valence-corrected chi connectivity index (χ0v) is 11.9. The lowest BCUT2D eigenvalue weighted by atomic mass is 9.94. The summed E-state index contributed by atoms with van der Waals surface area (Å²) in [4.78, 5) is 13.0. The summed E-state index contributed by atoms with van der Waals surface area (Å²) < 4.78 is 0. The minimum absolute atomic E-state index is 0.00963. The molecule has 0 heterocycles. The molecule has 1 amide bonds. The molecule has 0 aromatic heterocycles. The van der Waals surface area contributed by atoms with E-state index in [9.17, 15) is 4.79 Å². The predicted octanol–water partition coefficient (Wildman–Crippen LogP) is 3.59. The summed E-state index contributed by atoms with van der Waals surface area (Å²) >= 11 is 4.27. The van der Waals surface area contributed by atoms with E-state index in [2.05, 4.69) is 38.7 Å². The number of carbonyl (C=O) groups is 1. The number of hydrogen-bond donors (Lipinski definition) is 2. The van der Waals surface area contributed by atoms with Crippen molar-refractivity contribution in [2.24, 2.45) is 0 Å². The van der Waals surface area contributed by atoms with Crippen LogP contribution in [0.4, 0.5) is 0 Å². The van der Waals surface area contributed by atoms with Crippen molar-refractivity contribution in [2.75, 3.05) is 0 Å². The third kappa shape index (κ3) is 3.50. The van der Waals surface area contributed by atoms with E-state index in [1.54, 1.807) is 0 Å². The second-order valence-electron chi connectivity index (χ2n) is 4.72. The molecule has 17 heavy (non-hydrogen) atoms. The van der Waals surface area contributed by atoms with Crippen molar-refractivity contribution in [1.82, 2.24) is 5.32 Å². The van der Waals surface area contributed by atoms with Gasteiger partial charge >= 0.3 is 0 Å². The molecule has 0 unspecified atom stereocenters. The Labute approximate surface area is 109 Å². The number of hydrogen-bond acceptors (Lipinski definition) is 2. The number of carbonyl (C=O) groups excluding carboxylic acids is 1. The maximum atomic E-state index is 12.2. The first kappa shape index (κ1) is 14.1. The van der Waals surface area contributed by atoms with Crippen molar-refractivity contribution in [3.63, 3.8) is 0 Å². The van der Waals surface area contributed by atoms with Gasteiger partial charge in [-0.3, -0.25) is 4.79 Å². The minimum Gasteiger partial charge on any atom is -0.347 e. The summed E-state index contributed by atoms with van der Waals surface area (Å²) in [5.41, 5.74) is 1.57. The Balaban J connectivity index is 2.94. The second kappa shape index (κ2) is 5.58.